The Balaban J connectivity index is 1.71. The van der Waals surface area contributed by atoms with E-state index in [1.165, 1.54) is 6.33 Å². The minimum atomic E-state index is -0.419. The predicted molar refractivity (Wildman–Crippen MR) is 87.6 cm³/mol. The van der Waals surface area contributed by atoms with Crippen LogP contribution in [-0.2, 0) is 17.9 Å². The van der Waals surface area contributed by atoms with Crippen LogP contribution in [0, 0.1) is 12.3 Å². The molecule has 8 heteroatoms. The summed E-state index contributed by atoms with van der Waals surface area (Å²) in [6, 6.07) is 7.35. The van der Waals surface area contributed by atoms with Crippen LogP contribution in [0.25, 0.3) is 0 Å². The third-order valence-electron chi connectivity index (χ3n) is 3.08. The zero-order chi connectivity index (χ0) is 17.2. The Hall–Kier alpha value is -3.34. The normalized spacial score (nSPS) is 9.79. The van der Waals surface area contributed by atoms with Crippen molar-refractivity contribution in [3.8, 4) is 12.3 Å². The first kappa shape index (κ1) is 17.0. The van der Waals surface area contributed by atoms with Gasteiger partial charge in [0.05, 0.1) is 19.6 Å². The van der Waals surface area contributed by atoms with Crippen LogP contribution in [-0.4, -0.2) is 39.8 Å². The third-order valence-corrected chi connectivity index (χ3v) is 3.08. The largest absolute Gasteiger partial charge is 0.344 e. The number of hydrogen-bond donors (Lipinski definition) is 3. The molecule has 2 rings (SSSR count). The van der Waals surface area contributed by atoms with Crippen molar-refractivity contribution in [3.63, 3.8) is 0 Å². The first-order valence-electron chi connectivity index (χ1n) is 7.29. The van der Waals surface area contributed by atoms with Crippen molar-refractivity contribution in [2.75, 3.05) is 13.1 Å². The summed E-state index contributed by atoms with van der Waals surface area (Å²) >= 11 is 0. The number of amides is 3. The fourth-order valence-corrected chi connectivity index (χ4v) is 1.88. The van der Waals surface area contributed by atoms with Crippen molar-refractivity contribution >= 4 is 11.9 Å². The summed E-state index contributed by atoms with van der Waals surface area (Å²) in [5.74, 6) is 1.95. The van der Waals surface area contributed by atoms with Crippen LogP contribution < -0.4 is 16.0 Å². The smallest absolute Gasteiger partial charge is 0.315 e. The van der Waals surface area contributed by atoms with Crippen molar-refractivity contribution < 1.29 is 9.59 Å². The Morgan fingerprint density at radius 2 is 1.88 bits per heavy atom. The predicted octanol–water partition coefficient (Wildman–Crippen LogP) is -0.125. The molecule has 1 heterocycles. The van der Waals surface area contributed by atoms with E-state index in [0.29, 0.717) is 13.1 Å². The summed E-state index contributed by atoms with van der Waals surface area (Å²) in [5, 5.41) is 11.6. The number of aromatic nitrogens is 3. The number of nitrogens with zero attached hydrogens (tertiary/aromatic N) is 3. The van der Waals surface area contributed by atoms with E-state index in [1.54, 1.807) is 11.0 Å². The van der Waals surface area contributed by atoms with Crippen molar-refractivity contribution in [1.82, 2.24) is 30.7 Å². The Kier molecular flexibility index (Phi) is 6.35. The van der Waals surface area contributed by atoms with E-state index in [2.05, 4.69) is 32.0 Å². The van der Waals surface area contributed by atoms with Gasteiger partial charge in [-0.3, -0.25) is 4.79 Å². The number of rotatable bonds is 7. The van der Waals surface area contributed by atoms with E-state index in [4.69, 9.17) is 6.42 Å². The molecule has 0 fully saturated rings. The summed E-state index contributed by atoms with van der Waals surface area (Å²) in [7, 11) is 0. The number of urea groups is 1. The van der Waals surface area contributed by atoms with E-state index >= 15 is 0 Å². The van der Waals surface area contributed by atoms with Crippen LogP contribution in [0.1, 0.15) is 11.1 Å². The highest BCUT2D eigenvalue weighted by Crippen LogP contribution is 2.05. The van der Waals surface area contributed by atoms with Gasteiger partial charge in [0.1, 0.15) is 12.7 Å². The second-order valence-electron chi connectivity index (χ2n) is 4.93. The lowest BCUT2D eigenvalue weighted by Gasteiger charge is -2.08. The Labute approximate surface area is 139 Å². The maximum atomic E-state index is 11.6. The van der Waals surface area contributed by atoms with Crippen LogP contribution in [0.3, 0.4) is 0 Å². The maximum absolute atomic E-state index is 11.6. The van der Waals surface area contributed by atoms with Gasteiger partial charge in [-0.25, -0.2) is 14.5 Å². The molecular formula is C16H18N6O2. The van der Waals surface area contributed by atoms with Gasteiger partial charge in [0.15, 0.2) is 0 Å². The van der Waals surface area contributed by atoms with Crippen molar-refractivity contribution in [3.05, 3.63) is 48.0 Å². The van der Waals surface area contributed by atoms with Gasteiger partial charge in [-0.1, -0.05) is 30.2 Å². The van der Waals surface area contributed by atoms with E-state index in [0.717, 1.165) is 11.1 Å². The number of benzene rings is 1. The van der Waals surface area contributed by atoms with E-state index in [-0.39, 0.29) is 19.0 Å². The molecule has 0 saturated carbocycles. The quantitative estimate of drug-likeness (QED) is 0.617. The molecule has 2 aromatic rings. The van der Waals surface area contributed by atoms with Gasteiger partial charge in [-0.15, -0.1) is 6.42 Å². The first-order chi connectivity index (χ1) is 11.7. The summed E-state index contributed by atoms with van der Waals surface area (Å²) in [6.45, 7) is 1.02. The third kappa shape index (κ3) is 5.81. The lowest BCUT2D eigenvalue weighted by molar-refractivity contribution is -0.119. The van der Waals surface area contributed by atoms with Gasteiger partial charge in [0.25, 0.3) is 0 Å². The van der Waals surface area contributed by atoms with Gasteiger partial charge in [-0.2, -0.15) is 5.10 Å². The summed E-state index contributed by atoms with van der Waals surface area (Å²) in [6.07, 6.45) is 8.16. The van der Waals surface area contributed by atoms with Gasteiger partial charge in [0.2, 0.25) is 5.91 Å². The minimum absolute atomic E-state index is 0.121. The van der Waals surface area contributed by atoms with E-state index in [1.807, 2.05) is 24.3 Å². The molecule has 0 aliphatic carbocycles. The molecule has 3 amide bonds. The number of carbonyl (C=O) groups is 2. The molecule has 1 aromatic carbocycles. The van der Waals surface area contributed by atoms with Gasteiger partial charge in [-0.05, 0) is 11.1 Å². The SMILES string of the molecule is C#CCNC(=O)CNC(=O)NCc1ccc(Cn2cncn2)cc1. The topological polar surface area (TPSA) is 101 Å². The zero-order valence-electron chi connectivity index (χ0n) is 13.0. The van der Waals surface area contributed by atoms with Crippen LogP contribution in [0.15, 0.2) is 36.9 Å². The van der Waals surface area contributed by atoms with Crippen LogP contribution >= 0.6 is 0 Å². The second-order valence-corrected chi connectivity index (χ2v) is 4.93. The fourth-order valence-electron chi connectivity index (χ4n) is 1.88. The van der Waals surface area contributed by atoms with E-state index < -0.39 is 6.03 Å². The number of carbonyl (C=O) groups excluding carboxylic acids is 2. The summed E-state index contributed by atoms with van der Waals surface area (Å²) in [5.41, 5.74) is 2.03. The minimum Gasteiger partial charge on any atom is -0.344 e. The van der Waals surface area contributed by atoms with Gasteiger partial charge < -0.3 is 16.0 Å². The molecule has 0 aliphatic rings. The molecule has 0 atom stereocenters. The van der Waals surface area contributed by atoms with Crippen molar-refractivity contribution in [1.29, 1.82) is 0 Å². The van der Waals surface area contributed by atoms with Gasteiger partial charge >= 0.3 is 6.03 Å². The number of hydrogen-bond acceptors (Lipinski definition) is 4. The lowest BCUT2D eigenvalue weighted by atomic mass is 10.1. The molecule has 3 N–H and O–H groups in total. The van der Waals surface area contributed by atoms with Gasteiger partial charge in [0, 0.05) is 6.54 Å². The number of nitrogens with one attached hydrogen (secondary N) is 3. The zero-order valence-corrected chi connectivity index (χ0v) is 13.0. The number of terminal acetylenes is 1. The summed E-state index contributed by atoms with van der Waals surface area (Å²) in [4.78, 5) is 26.8. The van der Waals surface area contributed by atoms with E-state index in [9.17, 15) is 9.59 Å². The molecule has 24 heavy (non-hydrogen) atoms. The van der Waals surface area contributed by atoms with Crippen LogP contribution in [0.5, 0.6) is 0 Å². The molecule has 0 saturated heterocycles. The fraction of sp³-hybridized carbons (Fsp3) is 0.250. The molecule has 0 radical (unpaired) electrons. The standard InChI is InChI=1S/C16H18N6O2/c1-2-7-18-15(23)9-20-16(24)19-8-13-3-5-14(6-4-13)10-22-12-17-11-21-22/h1,3-6,11-12H,7-10H2,(H,18,23)(H2,19,20,24). The molecule has 8 nitrogen and oxygen atoms in total. The highest BCUT2D eigenvalue weighted by Gasteiger charge is 2.04. The Morgan fingerprint density at radius 3 is 2.54 bits per heavy atom. The molecule has 1 aromatic heterocycles. The lowest BCUT2D eigenvalue weighted by Crippen LogP contribution is -2.41. The maximum Gasteiger partial charge on any atom is 0.315 e. The second kappa shape index (κ2) is 8.95. The van der Waals surface area contributed by atoms with Crippen molar-refractivity contribution in [2.45, 2.75) is 13.1 Å². The average molecular weight is 326 g/mol. The highest BCUT2D eigenvalue weighted by molar-refractivity contribution is 5.83. The molecule has 0 bridgehead atoms. The molecule has 0 unspecified atom stereocenters. The molecule has 124 valence electrons. The van der Waals surface area contributed by atoms with Crippen molar-refractivity contribution in [2.24, 2.45) is 0 Å². The van der Waals surface area contributed by atoms with Crippen LogP contribution in [0.2, 0.25) is 0 Å². The molecule has 0 aliphatic heterocycles. The highest BCUT2D eigenvalue weighted by atomic mass is 16.2. The Bertz CT molecular complexity index is 703. The monoisotopic (exact) mass is 326 g/mol. The summed E-state index contributed by atoms with van der Waals surface area (Å²) < 4.78 is 1.73. The molecule has 0 spiro atoms. The Morgan fingerprint density at radius 1 is 1.12 bits per heavy atom. The average Bonchev–Trinajstić information content (AvgIpc) is 3.10. The van der Waals surface area contributed by atoms with Crippen LogP contribution in [0.4, 0.5) is 4.79 Å². The first-order valence-corrected chi connectivity index (χ1v) is 7.29. The molecular weight excluding hydrogens is 308 g/mol.